The lowest BCUT2D eigenvalue weighted by Gasteiger charge is -2.20. The fourth-order valence-electron chi connectivity index (χ4n) is 1.36. The van der Waals surface area contributed by atoms with E-state index < -0.39 is 0 Å². The number of carbonyl (C=O) groups excluding carboxylic acids is 1. The monoisotopic (exact) mass is 259 g/mol. The number of hydrogen-bond acceptors (Lipinski definition) is 3. The first-order valence-corrected chi connectivity index (χ1v) is 6.30. The van der Waals surface area contributed by atoms with E-state index >= 15 is 0 Å². The fraction of sp³-hybridized carbons (Fsp3) is 0.438. The summed E-state index contributed by atoms with van der Waals surface area (Å²) in [6, 6.07) is 8.01. The molecule has 19 heavy (non-hydrogen) atoms. The molecular weight excluding hydrogens is 238 g/mol. The molecule has 0 amide bonds. The van der Waals surface area contributed by atoms with Crippen LogP contribution in [0, 0.1) is 11.8 Å². The van der Waals surface area contributed by atoms with E-state index in [1.54, 1.807) is 0 Å². The molecule has 1 aromatic rings. The van der Waals surface area contributed by atoms with Crippen molar-refractivity contribution in [2.45, 2.75) is 39.3 Å². The van der Waals surface area contributed by atoms with Crippen molar-refractivity contribution in [3.63, 3.8) is 0 Å². The maximum atomic E-state index is 10.9. The summed E-state index contributed by atoms with van der Waals surface area (Å²) >= 11 is 0. The third-order valence-electron chi connectivity index (χ3n) is 2.47. The van der Waals surface area contributed by atoms with E-state index in [0.29, 0.717) is 0 Å². The van der Waals surface area contributed by atoms with Gasteiger partial charge in [0.15, 0.2) is 0 Å². The molecule has 0 unspecified atom stereocenters. The number of carbonyl (C=O) groups is 1. The van der Waals surface area contributed by atoms with Gasteiger partial charge in [-0.25, -0.2) is 0 Å². The van der Waals surface area contributed by atoms with Gasteiger partial charge >= 0.3 is 5.97 Å². The third kappa shape index (κ3) is 6.64. The minimum absolute atomic E-state index is 0.110. The average Bonchev–Trinajstić information content (AvgIpc) is 2.36. The lowest BCUT2D eigenvalue weighted by atomic mass is 10.1. The van der Waals surface area contributed by atoms with Crippen LogP contribution in [0.5, 0.6) is 0 Å². The molecule has 0 heterocycles. The molecule has 1 aromatic carbocycles. The number of nitrogens with one attached hydrogen (secondary N) is 1. The quantitative estimate of drug-likeness (QED) is 0.669. The zero-order valence-corrected chi connectivity index (χ0v) is 12.0. The van der Waals surface area contributed by atoms with Crippen molar-refractivity contribution in [1.29, 1.82) is 0 Å². The molecule has 0 atom stereocenters. The predicted octanol–water partition coefficient (Wildman–Crippen LogP) is 2.49. The highest BCUT2D eigenvalue weighted by Gasteiger charge is 2.07. The van der Waals surface area contributed by atoms with Crippen LogP contribution in [0.2, 0.25) is 0 Å². The standard InChI is InChI=1S/C16H21NO2/c1-16(2,3)17-12-14-10-8-13(9-11-14)6-5-7-15(18)19-4/h8-11,17H,7,12H2,1-4H3. The van der Waals surface area contributed by atoms with Crippen molar-refractivity contribution in [3.05, 3.63) is 35.4 Å². The molecule has 0 spiro atoms. The molecule has 0 radical (unpaired) electrons. The summed E-state index contributed by atoms with van der Waals surface area (Å²) in [6.45, 7) is 7.25. The SMILES string of the molecule is COC(=O)CC#Cc1ccc(CNC(C)(C)C)cc1. The van der Waals surface area contributed by atoms with Crippen molar-refractivity contribution < 1.29 is 9.53 Å². The molecule has 0 saturated carbocycles. The van der Waals surface area contributed by atoms with Crippen molar-refractivity contribution in [3.8, 4) is 11.8 Å². The van der Waals surface area contributed by atoms with Crippen LogP contribution in [-0.2, 0) is 16.1 Å². The Labute approximate surface area is 115 Å². The zero-order chi connectivity index (χ0) is 14.3. The van der Waals surface area contributed by atoms with Crippen LogP contribution >= 0.6 is 0 Å². The van der Waals surface area contributed by atoms with E-state index in [2.05, 4.69) is 42.7 Å². The van der Waals surface area contributed by atoms with Gasteiger partial charge in [0.1, 0.15) is 6.42 Å². The Bertz CT molecular complexity index is 472. The van der Waals surface area contributed by atoms with E-state index in [4.69, 9.17) is 0 Å². The van der Waals surface area contributed by atoms with Gasteiger partial charge < -0.3 is 10.1 Å². The maximum Gasteiger partial charge on any atom is 0.317 e. The molecule has 102 valence electrons. The van der Waals surface area contributed by atoms with Crippen LogP contribution in [0.3, 0.4) is 0 Å². The van der Waals surface area contributed by atoms with Crippen molar-refractivity contribution >= 4 is 5.97 Å². The molecule has 0 aliphatic carbocycles. The van der Waals surface area contributed by atoms with Crippen molar-refractivity contribution in [2.75, 3.05) is 7.11 Å². The molecule has 0 fully saturated rings. The minimum Gasteiger partial charge on any atom is -0.468 e. The Balaban J connectivity index is 2.54. The first-order chi connectivity index (χ1) is 8.90. The van der Waals surface area contributed by atoms with Gasteiger partial charge in [0.25, 0.3) is 0 Å². The number of esters is 1. The molecule has 3 heteroatoms. The summed E-state index contributed by atoms with van der Waals surface area (Å²) < 4.78 is 4.52. The Kier molecular flexibility index (Phi) is 5.59. The predicted molar refractivity (Wildman–Crippen MR) is 76.5 cm³/mol. The summed E-state index contributed by atoms with van der Waals surface area (Å²) in [5.74, 6) is 5.42. The summed E-state index contributed by atoms with van der Waals surface area (Å²) in [5.41, 5.74) is 2.23. The van der Waals surface area contributed by atoms with Crippen LogP contribution < -0.4 is 5.32 Å². The molecule has 0 aliphatic rings. The van der Waals surface area contributed by atoms with Gasteiger partial charge in [-0.3, -0.25) is 4.79 Å². The van der Waals surface area contributed by atoms with E-state index in [0.717, 1.165) is 12.1 Å². The second-order valence-corrected chi connectivity index (χ2v) is 5.36. The zero-order valence-electron chi connectivity index (χ0n) is 12.0. The van der Waals surface area contributed by atoms with Crippen LogP contribution in [0.25, 0.3) is 0 Å². The van der Waals surface area contributed by atoms with Crippen molar-refractivity contribution in [1.82, 2.24) is 5.32 Å². The Hall–Kier alpha value is -1.79. The lowest BCUT2D eigenvalue weighted by Crippen LogP contribution is -2.35. The smallest absolute Gasteiger partial charge is 0.317 e. The van der Waals surface area contributed by atoms with Crippen LogP contribution in [0.1, 0.15) is 38.3 Å². The van der Waals surface area contributed by atoms with E-state index in [9.17, 15) is 4.79 Å². The molecule has 1 rings (SSSR count). The molecule has 0 aliphatic heterocycles. The van der Waals surface area contributed by atoms with Gasteiger partial charge in [0, 0.05) is 17.6 Å². The van der Waals surface area contributed by atoms with Gasteiger partial charge in [-0.15, -0.1) is 0 Å². The molecule has 0 bridgehead atoms. The molecule has 0 saturated heterocycles. The van der Waals surface area contributed by atoms with Crippen molar-refractivity contribution in [2.24, 2.45) is 0 Å². The fourth-order valence-corrected chi connectivity index (χ4v) is 1.36. The Morgan fingerprint density at radius 1 is 1.26 bits per heavy atom. The number of hydrogen-bond donors (Lipinski definition) is 1. The largest absolute Gasteiger partial charge is 0.468 e. The highest BCUT2D eigenvalue weighted by molar-refractivity contribution is 5.72. The van der Waals surface area contributed by atoms with Gasteiger partial charge in [-0.1, -0.05) is 24.0 Å². The minimum atomic E-state index is -0.307. The summed E-state index contributed by atoms with van der Waals surface area (Å²) in [5, 5.41) is 3.43. The van der Waals surface area contributed by atoms with Gasteiger partial charge in [0.05, 0.1) is 7.11 Å². The number of rotatable bonds is 3. The number of benzene rings is 1. The first-order valence-electron chi connectivity index (χ1n) is 6.30. The third-order valence-corrected chi connectivity index (χ3v) is 2.47. The first kappa shape index (κ1) is 15.3. The highest BCUT2D eigenvalue weighted by atomic mass is 16.5. The number of ether oxygens (including phenoxy) is 1. The second-order valence-electron chi connectivity index (χ2n) is 5.36. The van der Waals surface area contributed by atoms with E-state index in [1.807, 2.05) is 24.3 Å². The summed E-state index contributed by atoms with van der Waals surface area (Å²) in [4.78, 5) is 10.9. The summed E-state index contributed by atoms with van der Waals surface area (Å²) in [6.07, 6.45) is 0.129. The van der Waals surface area contributed by atoms with E-state index in [-0.39, 0.29) is 17.9 Å². The average molecular weight is 259 g/mol. The Morgan fingerprint density at radius 2 is 1.89 bits per heavy atom. The molecule has 1 N–H and O–H groups in total. The number of methoxy groups -OCH3 is 1. The topological polar surface area (TPSA) is 38.3 Å². The highest BCUT2D eigenvalue weighted by Crippen LogP contribution is 2.06. The summed E-state index contributed by atoms with van der Waals surface area (Å²) in [7, 11) is 1.36. The molecular formula is C16H21NO2. The van der Waals surface area contributed by atoms with E-state index in [1.165, 1.54) is 12.7 Å². The molecule has 3 nitrogen and oxygen atoms in total. The van der Waals surface area contributed by atoms with Gasteiger partial charge in [-0.2, -0.15) is 0 Å². The van der Waals surface area contributed by atoms with Crippen LogP contribution in [0.15, 0.2) is 24.3 Å². The molecule has 0 aromatic heterocycles. The van der Waals surface area contributed by atoms with Crippen LogP contribution in [-0.4, -0.2) is 18.6 Å². The maximum absolute atomic E-state index is 10.9. The second kappa shape index (κ2) is 6.96. The lowest BCUT2D eigenvalue weighted by molar-refractivity contribution is -0.139. The van der Waals surface area contributed by atoms with Gasteiger partial charge in [-0.05, 0) is 38.5 Å². The van der Waals surface area contributed by atoms with Crippen LogP contribution in [0.4, 0.5) is 0 Å². The Morgan fingerprint density at radius 3 is 2.42 bits per heavy atom. The normalized spacial score (nSPS) is 10.5. The van der Waals surface area contributed by atoms with Gasteiger partial charge in [0.2, 0.25) is 0 Å².